The van der Waals surface area contributed by atoms with E-state index in [9.17, 15) is 8.78 Å². The standard InChI is InChI=1S/C18H28F2OS/c19-18(20,22-17-13-9-8-10-14-17)15-11-6-4-2-1-3-5-7-12-16-21/h8-10,13-14,21H,1-7,11-12,15-16H2. The zero-order valence-electron chi connectivity index (χ0n) is 13.3. The normalized spacial score (nSPS) is 11.8. The number of thioether (sulfide) groups is 1. The summed E-state index contributed by atoms with van der Waals surface area (Å²) in [5.74, 6) is 0. The average molecular weight is 330 g/mol. The van der Waals surface area contributed by atoms with E-state index in [1.54, 1.807) is 24.3 Å². The van der Waals surface area contributed by atoms with Crippen LogP contribution in [0.25, 0.3) is 0 Å². The zero-order valence-corrected chi connectivity index (χ0v) is 14.1. The fourth-order valence-electron chi connectivity index (χ4n) is 2.39. The van der Waals surface area contributed by atoms with Gasteiger partial charge in [-0.3, -0.25) is 0 Å². The van der Waals surface area contributed by atoms with Gasteiger partial charge in [0.25, 0.3) is 5.25 Å². The fraction of sp³-hybridized carbons (Fsp3) is 0.667. The Labute approximate surface area is 137 Å². The van der Waals surface area contributed by atoms with Crippen LogP contribution < -0.4 is 0 Å². The van der Waals surface area contributed by atoms with E-state index in [4.69, 9.17) is 5.11 Å². The summed E-state index contributed by atoms with van der Waals surface area (Å²) in [6.07, 6.45) is 9.17. The quantitative estimate of drug-likeness (QED) is 0.340. The Bertz CT molecular complexity index is 371. The second-order valence-electron chi connectivity index (χ2n) is 5.71. The third-order valence-electron chi connectivity index (χ3n) is 3.64. The van der Waals surface area contributed by atoms with Crippen LogP contribution in [0.4, 0.5) is 8.78 Å². The van der Waals surface area contributed by atoms with Gasteiger partial charge in [0.1, 0.15) is 0 Å². The molecule has 0 aliphatic heterocycles. The maximum absolute atomic E-state index is 13.8. The van der Waals surface area contributed by atoms with Gasteiger partial charge in [-0.15, -0.1) is 0 Å². The summed E-state index contributed by atoms with van der Waals surface area (Å²) in [5.41, 5.74) is 0. The molecule has 0 heterocycles. The molecule has 0 bridgehead atoms. The Hall–Kier alpha value is -0.610. The molecule has 0 unspecified atom stereocenters. The van der Waals surface area contributed by atoms with Gasteiger partial charge in [-0.1, -0.05) is 74.9 Å². The van der Waals surface area contributed by atoms with Crippen LogP contribution in [-0.4, -0.2) is 17.0 Å². The highest BCUT2D eigenvalue weighted by molar-refractivity contribution is 8.00. The largest absolute Gasteiger partial charge is 0.396 e. The average Bonchev–Trinajstić information content (AvgIpc) is 2.49. The van der Waals surface area contributed by atoms with Gasteiger partial charge in [0.2, 0.25) is 0 Å². The van der Waals surface area contributed by atoms with Gasteiger partial charge in [-0.25, -0.2) is 0 Å². The van der Waals surface area contributed by atoms with Gasteiger partial charge >= 0.3 is 0 Å². The van der Waals surface area contributed by atoms with Gasteiger partial charge in [0, 0.05) is 17.9 Å². The van der Waals surface area contributed by atoms with E-state index in [0.717, 1.165) is 32.1 Å². The Morgan fingerprint density at radius 2 is 1.27 bits per heavy atom. The number of unbranched alkanes of at least 4 members (excludes halogenated alkanes) is 8. The third kappa shape index (κ3) is 10.2. The van der Waals surface area contributed by atoms with E-state index in [1.807, 2.05) is 6.07 Å². The Balaban J connectivity index is 1.99. The molecule has 1 nitrogen and oxygen atoms in total. The van der Waals surface area contributed by atoms with Gasteiger partial charge in [0.15, 0.2) is 0 Å². The number of benzene rings is 1. The van der Waals surface area contributed by atoms with Crippen LogP contribution in [0, 0.1) is 0 Å². The van der Waals surface area contributed by atoms with Crippen molar-refractivity contribution in [2.24, 2.45) is 0 Å². The minimum Gasteiger partial charge on any atom is -0.396 e. The Morgan fingerprint density at radius 1 is 0.773 bits per heavy atom. The number of aliphatic hydroxyl groups excluding tert-OH is 1. The van der Waals surface area contributed by atoms with Crippen molar-refractivity contribution in [2.45, 2.75) is 74.4 Å². The molecule has 1 aromatic carbocycles. The number of hydrogen-bond donors (Lipinski definition) is 1. The highest BCUT2D eigenvalue weighted by atomic mass is 32.2. The van der Waals surface area contributed by atoms with E-state index >= 15 is 0 Å². The number of hydrogen-bond acceptors (Lipinski definition) is 2. The van der Waals surface area contributed by atoms with Crippen molar-refractivity contribution in [3.8, 4) is 0 Å². The first kappa shape index (κ1) is 19.4. The van der Waals surface area contributed by atoms with Crippen LogP contribution in [0.3, 0.4) is 0 Å². The number of aliphatic hydroxyl groups is 1. The van der Waals surface area contributed by atoms with Crippen molar-refractivity contribution in [1.29, 1.82) is 0 Å². The molecular weight excluding hydrogens is 302 g/mol. The highest BCUT2D eigenvalue weighted by Crippen LogP contribution is 2.39. The smallest absolute Gasteiger partial charge is 0.298 e. The van der Waals surface area contributed by atoms with E-state index in [0.29, 0.717) is 23.1 Å². The molecule has 22 heavy (non-hydrogen) atoms. The maximum Gasteiger partial charge on any atom is 0.298 e. The SMILES string of the molecule is OCCCCCCCCCCCC(F)(F)Sc1ccccc1. The Morgan fingerprint density at radius 3 is 1.82 bits per heavy atom. The maximum atomic E-state index is 13.8. The van der Waals surface area contributed by atoms with Crippen LogP contribution in [0.5, 0.6) is 0 Å². The van der Waals surface area contributed by atoms with Gasteiger partial charge < -0.3 is 5.11 Å². The molecule has 0 fully saturated rings. The predicted octanol–water partition coefficient (Wildman–Crippen LogP) is 6.26. The van der Waals surface area contributed by atoms with Crippen LogP contribution in [-0.2, 0) is 0 Å². The molecule has 0 saturated carbocycles. The second kappa shape index (κ2) is 11.9. The van der Waals surface area contributed by atoms with Crippen LogP contribution in [0.2, 0.25) is 0 Å². The molecule has 0 radical (unpaired) electrons. The molecule has 1 rings (SSSR count). The molecule has 0 atom stereocenters. The molecule has 126 valence electrons. The number of rotatable bonds is 13. The third-order valence-corrected chi connectivity index (χ3v) is 4.65. The molecule has 0 amide bonds. The summed E-state index contributed by atoms with van der Waals surface area (Å²) in [7, 11) is 0. The summed E-state index contributed by atoms with van der Waals surface area (Å²) >= 11 is 0.672. The second-order valence-corrected chi connectivity index (χ2v) is 6.98. The van der Waals surface area contributed by atoms with Crippen LogP contribution in [0.15, 0.2) is 35.2 Å². The zero-order chi connectivity index (χ0) is 16.1. The molecule has 0 saturated heterocycles. The summed E-state index contributed by atoms with van der Waals surface area (Å²) in [4.78, 5) is 0.635. The lowest BCUT2D eigenvalue weighted by molar-refractivity contribution is 0.0921. The van der Waals surface area contributed by atoms with Gasteiger partial charge in [-0.2, -0.15) is 8.78 Å². The minimum absolute atomic E-state index is 0.0386. The summed E-state index contributed by atoms with van der Waals surface area (Å²) < 4.78 is 27.6. The summed E-state index contributed by atoms with van der Waals surface area (Å²) in [6, 6.07) is 8.88. The lowest BCUT2D eigenvalue weighted by Crippen LogP contribution is -2.09. The lowest BCUT2D eigenvalue weighted by atomic mass is 10.1. The molecule has 4 heteroatoms. The summed E-state index contributed by atoms with van der Waals surface area (Å²) in [6.45, 7) is 0.287. The first-order chi connectivity index (χ1) is 10.6. The molecule has 0 aromatic heterocycles. The van der Waals surface area contributed by atoms with Gasteiger partial charge in [-0.05, 0) is 25.0 Å². The molecule has 1 N–H and O–H groups in total. The molecule has 0 aliphatic carbocycles. The summed E-state index contributed by atoms with van der Waals surface area (Å²) in [5, 5.41) is 6.00. The van der Waals surface area contributed by atoms with E-state index in [2.05, 4.69) is 0 Å². The first-order valence-electron chi connectivity index (χ1n) is 8.37. The first-order valence-corrected chi connectivity index (χ1v) is 9.18. The van der Waals surface area contributed by atoms with Crippen molar-refractivity contribution in [3.05, 3.63) is 30.3 Å². The molecular formula is C18H28F2OS. The molecule has 0 spiro atoms. The van der Waals surface area contributed by atoms with E-state index in [1.165, 1.54) is 19.3 Å². The van der Waals surface area contributed by atoms with Crippen molar-refractivity contribution < 1.29 is 13.9 Å². The lowest BCUT2D eigenvalue weighted by Gasteiger charge is -2.15. The highest BCUT2D eigenvalue weighted by Gasteiger charge is 2.29. The molecule has 1 aromatic rings. The predicted molar refractivity (Wildman–Crippen MR) is 90.5 cm³/mol. The minimum atomic E-state index is -2.66. The number of halogens is 2. The van der Waals surface area contributed by atoms with Crippen molar-refractivity contribution >= 4 is 11.8 Å². The van der Waals surface area contributed by atoms with Gasteiger partial charge in [0.05, 0.1) is 0 Å². The van der Waals surface area contributed by atoms with Crippen molar-refractivity contribution in [3.63, 3.8) is 0 Å². The van der Waals surface area contributed by atoms with Crippen LogP contribution >= 0.6 is 11.8 Å². The monoisotopic (exact) mass is 330 g/mol. The fourth-order valence-corrected chi connectivity index (χ4v) is 3.28. The van der Waals surface area contributed by atoms with Crippen molar-refractivity contribution in [1.82, 2.24) is 0 Å². The van der Waals surface area contributed by atoms with Crippen LogP contribution in [0.1, 0.15) is 64.2 Å². The van der Waals surface area contributed by atoms with E-state index < -0.39 is 5.25 Å². The molecule has 0 aliphatic rings. The van der Waals surface area contributed by atoms with Crippen molar-refractivity contribution in [2.75, 3.05) is 6.61 Å². The Kier molecular flexibility index (Phi) is 10.5. The van der Waals surface area contributed by atoms with E-state index in [-0.39, 0.29) is 13.0 Å². The number of alkyl halides is 2. The topological polar surface area (TPSA) is 20.2 Å².